The van der Waals surface area contributed by atoms with Crippen LogP contribution in [0, 0.1) is 0 Å². The van der Waals surface area contributed by atoms with Crippen LogP contribution < -0.4 is 25.9 Å². The van der Waals surface area contributed by atoms with Crippen molar-refractivity contribution in [2.24, 2.45) is 0 Å². The fourth-order valence-corrected chi connectivity index (χ4v) is 3.63. The first kappa shape index (κ1) is 23.1. The fourth-order valence-electron chi connectivity index (χ4n) is 3.44. The number of ether oxygens (including phenoxy) is 2. The molecule has 34 heavy (non-hydrogen) atoms. The number of rotatable bonds is 8. The molecular weight excluding hydrogens is 456 g/mol. The summed E-state index contributed by atoms with van der Waals surface area (Å²) in [5.41, 5.74) is 6.88. The first-order valence-electron chi connectivity index (χ1n) is 10.6. The maximum atomic E-state index is 12.8. The van der Waals surface area contributed by atoms with E-state index < -0.39 is 5.91 Å². The Bertz CT molecular complexity index is 1400. The highest BCUT2D eigenvalue weighted by Gasteiger charge is 2.14. The molecule has 4 rings (SSSR count). The van der Waals surface area contributed by atoms with Crippen molar-refractivity contribution in [3.63, 3.8) is 0 Å². The number of hydrogen-bond donors (Lipinski definition) is 2. The van der Waals surface area contributed by atoms with Crippen LogP contribution in [0.25, 0.3) is 10.9 Å². The molecule has 0 fully saturated rings. The number of nitrogens with one attached hydrogen (secondary N) is 2. The van der Waals surface area contributed by atoms with E-state index in [-0.39, 0.29) is 18.1 Å². The van der Waals surface area contributed by atoms with Gasteiger partial charge in [0.05, 0.1) is 18.0 Å². The second-order valence-electron chi connectivity index (χ2n) is 7.33. The predicted molar refractivity (Wildman–Crippen MR) is 132 cm³/mol. The summed E-state index contributed by atoms with van der Waals surface area (Å²) in [5.74, 6) is 0.684. The summed E-state index contributed by atoms with van der Waals surface area (Å²) in [6.07, 6.45) is 0. The lowest BCUT2D eigenvalue weighted by Crippen LogP contribution is -2.34. The molecule has 1 aromatic heterocycles. The lowest BCUT2D eigenvalue weighted by Gasteiger charge is -2.15. The highest BCUT2D eigenvalue weighted by molar-refractivity contribution is 6.31. The summed E-state index contributed by atoms with van der Waals surface area (Å²) in [4.78, 5) is 30.0. The normalized spacial score (nSPS) is 10.7. The fraction of sp³-hybridized carbons (Fsp3) is 0.160. The van der Waals surface area contributed by atoms with Crippen molar-refractivity contribution in [1.29, 1.82) is 0 Å². The molecule has 2 N–H and O–H groups in total. The van der Waals surface area contributed by atoms with E-state index in [0.29, 0.717) is 39.5 Å². The third-order valence-corrected chi connectivity index (χ3v) is 5.60. The number of anilines is 1. The Labute approximate surface area is 201 Å². The van der Waals surface area contributed by atoms with Gasteiger partial charge in [0.2, 0.25) is 5.95 Å². The molecule has 1 amide bonds. The van der Waals surface area contributed by atoms with Crippen molar-refractivity contribution >= 4 is 34.4 Å². The van der Waals surface area contributed by atoms with Crippen molar-refractivity contribution in [2.45, 2.75) is 20.1 Å². The van der Waals surface area contributed by atoms with Crippen LogP contribution in [0.4, 0.5) is 5.95 Å². The number of benzene rings is 3. The molecule has 4 aromatic rings. The Morgan fingerprint density at radius 1 is 1.06 bits per heavy atom. The van der Waals surface area contributed by atoms with Crippen LogP contribution in [0.1, 0.15) is 22.8 Å². The molecule has 0 unspecified atom stereocenters. The summed E-state index contributed by atoms with van der Waals surface area (Å²) in [6, 6.07) is 19.3. The maximum absolute atomic E-state index is 12.8. The zero-order valence-corrected chi connectivity index (χ0v) is 19.4. The summed E-state index contributed by atoms with van der Waals surface area (Å²) in [6.45, 7) is 2.47. The van der Waals surface area contributed by atoms with Crippen molar-refractivity contribution in [2.75, 3.05) is 12.5 Å². The molecule has 0 spiro atoms. The minimum absolute atomic E-state index is 0.188. The van der Waals surface area contributed by atoms with Crippen LogP contribution in [0.15, 0.2) is 71.5 Å². The second-order valence-corrected chi connectivity index (χ2v) is 7.73. The number of carbonyl (C=O) groups is 1. The van der Waals surface area contributed by atoms with E-state index in [4.69, 9.17) is 21.1 Å². The number of halogens is 1. The topological polar surface area (TPSA) is 94.5 Å². The first-order valence-corrected chi connectivity index (χ1v) is 11.0. The molecule has 0 saturated carbocycles. The van der Waals surface area contributed by atoms with E-state index in [0.717, 1.165) is 5.56 Å². The minimum Gasteiger partial charge on any atom is -0.493 e. The van der Waals surface area contributed by atoms with Gasteiger partial charge in [-0.2, -0.15) is 0 Å². The van der Waals surface area contributed by atoms with E-state index in [1.54, 1.807) is 48.5 Å². The van der Waals surface area contributed by atoms with Gasteiger partial charge >= 0.3 is 0 Å². The van der Waals surface area contributed by atoms with E-state index in [2.05, 4.69) is 15.8 Å². The molecule has 3 aromatic carbocycles. The summed E-state index contributed by atoms with van der Waals surface area (Å²) in [5, 5.41) is 1.12. The molecule has 0 aliphatic rings. The number of hydrogen-bond acceptors (Lipinski definition) is 6. The highest BCUT2D eigenvalue weighted by Crippen LogP contribution is 2.29. The van der Waals surface area contributed by atoms with Crippen molar-refractivity contribution < 1.29 is 14.3 Å². The van der Waals surface area contributed by atoms with Gasteiger partial charge in [-0.1, -0.05) is 41.9 Å². The molecule has 1 heterocycles. The highest BCUT2D eigenvalue weighted by atomic mass is 35.5. The number of amides is 1. The van der Waals surface area contributed by atoms with E-state index in [1.807, 2.05) is 25.1 Å². The Balaban J connectivity index is 1.49. The average molecular weight is 479 g/mol. The molecule has 0 atom stereocenters. The Morgan fingerprint density at radius 2 is 1.82 bits per heavy atom. The number of para-hydroxylation sites is 1. The number of hydrazine groups is 1. The van der Waals surface area contributed by atoms with E-state index in [1.165, 1.54) is 11.7 Å². The van der Waals surface area contributed by atoms with Crippen LogP contribution in [0.3, 0.4) is 0 Å². The van der Waals surface area contributed by atoms with Crippen molar-refractivity contribution in [3.8, 4) is 11.5 Å². The lowest BCUT2D eigenvalue weighted by atomic mass is 10.2. The zero-order chi connectivity index (χ0) is 24.1. The zero-order valence-electron chi connectivity index (χ0n) is 18.7. The molecule has 9 heteroatoms. The summed E-state index contributed by atoms with van der Waals surface area (Å²) < 4.78 is 12.7. The van der Waals surface area contributed by atoms with Crippen molar-refractivity contribution in [3.05, 3.63) is 93.2 Å². The van der Waals surface area contributed by atoms with Gasteiger partial charge in [0.1, 0.15) is 6.61 Å². The minimum atomic E-state index is -0.430. The maximum Gasteiger partial charge on any atom is 0.269 e. The van der Waals surface area contributed by atoms with E-state index in [9.17, 15) is 9.59 Å². The molecule has 0 radical (unpaired) electrons. The number of nitrogens with zero attached hydrogens (tertiary/aromatic N) is 2. The van der Waals surface area contributed by atoms with Gasteiger partial charge in [0.25, 0.3) is 11.5 Å². The third-order valence-electron chi connectivity index (χ3n) is 5.23. The smallest absolute Gasteiger partial charge is 0.269 e. The summed E-state index contributed by atoms with van der Waals surface area (Å²) >= 11 is 6.18. The van der Waals surface area contributed by atoms with Gasteiger partial charge in [0, 0.05) is 22.7 Å². The monoisotopic (exact) mass is 478 g/mol. The predicted octanol–water partition coefficient (Wildman–Crippen LogP) is 4.41. The van der Waals surface area contributed by atoms with Gasteiger partial charge in [-0.05, 0) is 43.3 Å². The largest absolute Gasteiger partial charge is 0.493 e. The van der Waals surface area contributed by atoms with Crippen LogP contribution in [0.5, 0.6) is 11.5 Å². The number of aromatic nitrogens is 2. The van der Waals surface area contributed by atoms with Gasteiger partial charge < -0.3 is 9.47 Å². The molecule has 174 valence electrons. The Hall–Kier alpha value is -4.04. The Morgan fingerprint density at radius 3 is 2.59 bits per heavy atom. The van der Waals surface area contributed by atoms with Gasteiger partial charge in [-0.25, -0.2) is 4.98 Å². The molecule has 0 bridgehead atoms. The second kappa shape index (κ2) is 10.3. The third kappa shape index (κ3) is 4.82. The SMILES string of the molecule is CCn1c(NNC(=O)c2ccc(OCc3ccccc3Cl)c(OC)c2)nc2ccccc2c1=O. The number of carbonyl (C=O) groups excluding carboxylic acids is 1. The number of methoxy groups -OCH3 is 1. The van der Waals surface area contributed by atoms with Gasteiger partial charge in [-0.15, -0.1) is 0 Å². The Kier molecular flexibility index (Phi) is 6.98. The van der Waals surface area contributed by atoms with Crippen LogP contribution in [0.2, 0.25) is 5.02 Å². The average Bonchev–Trinajstić information content (AvgIpc) is 2.87. The lowest BCUT2D eigenvalue weighted by molar-refractivity contribution is 0.0961. The van der Waals surface area contributed by atoms with Crippen LogP contribution in [-0.2, 0) is 13.2 Å². The van der Waals surface area contributed by atoms with Crippen LogP contribution in [-0.4, -0.2) is 22.6 Å². The van der Waals surface area contributed by atoms with Crippen LogP contribution >= 0.6 is 11.6 Å². The molecule has 0 aliphatic heterocycles. The molecule has 0 saturated heterocycles. The van der Waals surface area contributed by atoms with Gasteiger partial charge in [0.15, 0.2) is 11.5 Å². The van der Waals surface area contributed by atoms with Gasteiger partial charge in [-0.3, -0.25) is 25.0 Å². The quantitative estimate of drug-likeness (QED) is 0.364. The van der Waals surface area contributed by atoms with Crippen molar-refractivity contribution in [1.82, 2.24) is 15.0 Å². The van der Waals surface area contributed by atoms with E-state index >= 15 is 0 Å². The molecule has 0 aliphatic carbocycles. The molecular formula is C25H23ClN4O4. The number of fused-ring (bicyclic) bond motifs is 1. The molecule has 8 nitrogen and oxygen atoms in total. The first-order chi connectivity index (χ1) is 16.5. The standard InChI is InChI=1S/C25H23ClN4O4/c1-3-30-24(32)18-9-5-7-11-20(18)27-25(30)29-28-23(31)16-12-13-21(22(14-16)33-2)34-15-17-8-4-6-10-19(17)26/h4-14H,3,15H2,1-2H3,(H,27,29)(H,28,31). The summed E-state index contributed by atoms with van der Waals surface area (Å²) in [7, 11) is 1.50.